The fourth-order valence-electron chi connectivity index (χ4n) is 4.52. The van der Waals surface area contributed by atoms with Crippen LogP contribution in [0.3, 0.4) is 0 Å². The number of imidazole rings is 1. The van der Waals surface area contributed by atoms with Gasteiger partial charge in [-0.3, -0.25) is 4.79 Å². The molecule has 1 aromatic heterocycles. The fraction of sp³-hybridized carbons (Fsp3) is 0.565. The van der Waals surface area contributed by atoms with Crippen LogP contribution in [0.4, 0.5) is 0 Å². The molecule has 3 unspecified atom stereocenters. The van der Waals surface area contributed by atoms with Crippen molar-refractivity contribution in [3.63, 3.8) is 0 Å². The Balaban J connectivity index is 1.54. The number of sulfone groups is 1. The molecule has 0 radical (unpaired) electrons. The van der Waals surface area contributed by atoms with Crippen molar-refractivity contribution < 1.29 is 17.9 Å². The number of carbonyl (C=O) groups is 1. The predicted octanol–water partition coefficient (Wildman–Crippen LogP) is 3.25. The monoisotopic (exact) mass is 477 g/mol. The average molecular weight is 478 g/mol. The summed E-state index contributed by atoms with van der Waals surface area (Å²) in [6.45, 7) is 5.78. The average Bonchev–Trinajstić information content (AvgIpc) is 3.51. The Labute approximate surface area is 194 Å². The van der Waals surface area contributed by atoms with Gasteiger partial charge in [-0.15, -0.1) is 0 Å². The lowest BCUT2D eigenvalue weighted by atomic mass is 10.1. The lowest BCUT2D eigenvalue weighted by Crippen LogP contribution is -2.44. The van der Waals surface area contributed by atoms with Crippen molar-refractivity contribution in [3.8, 4) is 11.3 Å². The lowest BCUT2D eigenvalue weighted by Gasteiger charge is -2.29. The summed E-state index contributed by atoms with van der Waals surface area (Å²) in [5.41, 5.74) is 2.09. The van der Waals surface area contributed by atoms with E-state index in [1.165, 1.54) is 11.8 Å². The minimum Gasteiger partial charge on any atom is -0.376 e. The van der Waals surface area contributed by atoms with Crippen molar-refractivity contribution in [3.05, 3.63) is 36.5 Å². The molecule has 0 N–H and O–H groups in total. The summed E-state index contributed by atoms with van der Waals surface area (Å²) in [6, 6.07) is 9.89. The second-order valence-corrected chi connectivity index (χ2v) is 12.0. The first kappa shape index (κ1) is 23.3. The van der Waals surface area contributed by atoms with E-state index in [1.807, 2.05) is 38.2 Å². The van der Waals surface area contributed by atoms with Crippen molar-refractivity contribution in [1.82, 2.24) is 14.5 Å². The standard InChI is InChI=1S/C23H31N3O4S2/c1-3-25(19-11-13-32(28,29)16-19)22(27)17(2)31-23-24-14-21(18-8-5-4-6-9-18)26(23)15-20-10-7-12-30-20/h4-6,8-9,14,17,19-20H,3,7,10-13,15-16H2,1-2H3. The SMILES string of the molecule is CCN(C(=O)C(C)Sc1ncc(-c2ccccc2)n1CC1CCCO1)C1CCS(=O)(=O)C1. The first-order valence-electron chi connectivity index (χ1n) is 11.3. The van der Waals surface area contributed by atoms with E-state index in [4.69, 9.17) is 4.74 Å². The highest BCUT2D eigenvalue weighted by Gasteiger charge is 2.36. The van der Waals surface area contributed by atoms with Gasteiger partial charge in [0.25, 0.3) is 0 Å². The Hall–Kier alpha value is -1.84. The summed E-state index contributed by atoms with van der Waals surface area (Å²) in [4.78, 5) is 19.7. The van der Waals surface area contributed by atoms with Gasteiger partial charge < -0.3 is 14.2 Å². The fourth-order valence-corrected chi connectivity index (χ4v) is 7.21. The summed E-state index contributed by atoms with van der Waals surface area (Å²) in [5, 5.41) is 0.419. The summed E-state index contributed by atoms with van der Waals surface area (Å²) < 4.78 is 31.9. The molecule has 1 aromatic carbocycles. The molecule has 174 valence electrons. The lowest BCUT2D eigenvalue weighted by molar-refractivity contribution is -0.131. The number of nitrogens with zero attached hydrogens (tertiary/aromatic N) is 3. The van der Waals surface area contributed by atoms with Gasteiger partial charge >= 0.3 is 0 Å². The number of carbonyl (C=O) groups excluding carboxylic acids is 1. The summed E-state index contributed by atoms with van der Waals surface area (Å²) in [5.74, 6) is 0.192. The highest BCUT2D eigenvalue weighted by Crippen LogP contribution is 2.31. The number of rotatable bonds is 8. The Morgan fingerprint density at radius 1 is 1.31 bits per heavy atom. The van der Waals surface area contributed by atoms with E-state index in [-0.39, 0.29) is 34.8 Å². The summed E-state index contributed by atoms with van der Waals surface area (Å²) in [7, 11) is -3.05. The van der Waals surface area contributed by atoms with Crippen LogP contribution in [0.1, 0.15) is 33.1 Å². The van der Waals surface area contributed by atoms with Crippen molar-refractivity contribution in [2.45, 2.75) is 62.2 Å². The smallest absolute Gasteiger partial charge is 0.236 e. The minimum absolute atomic E-state index is 0.0347. The molecule has 2 aliphatic rings. The highest BCUT2D eigenvalue weighted by atomic mass is 32.2. The van der Waals surface area contributed by atoms with Crippen molar-refractivity contribution >= 4 is 27.5 Å². The molecule has 0 saturated carbocycles. The van der Waals surface area contributed by atoms with Gasteiger partial charge in [0.1, 0.15) is 0 Å². The van der Waals surface area contributed by atoms with Crippen LogP contribution in [-0.2, 0) is 25.9 Å². The Kier molecular flexibility index (Phi) is 7.27. The van der Waals surface area contributed by atoms with Crippen LogP contribution < -0.4 is 0 Å². The predicted molar refractivity (Wildman–Crippen MR) is 126 cm³/mol. The topological polar surface area (TPSA) is 81.5 Å². The van der Waals surface area contributed by atoms with Crippen molar-refractivity contribution in [2.24, 2.45) is 0 Å². The van der Waals surface area contributed by atoms with Gasteiger partial charge in [0, 0.05) is 19.2 Å². The van der Waals surface area contributed by atoms with Gasteiger partial charge in [-0.1, -0.05) is 42.1 Å². The molecule has 2 aromatic rings. The minimum atomic E-state index is -3.05. The quantitative estimate of drug-likeness (QED) is 0.543. The molecule has 3 atom stereocenters. The zero-order valence-corrected chi connectivity index (χ0v) is 20.3. The molecule has 0 bridgehead atoms. The van der Waals surface area contributed by atoms with Gasteiger partial charge in [0.15, 0.2) is 15.0 Å². The third kappa shape index (κ3) is 5.21. The number of hydrogen-bond acceptors (Lipinski definition) is 6. The van der Waals surface area contributed by atoms with Crippen LogP contribution in [0.25, 0.3) is 11.3 Å². The second-order valence-electron chi connectivity index (χ2n) is 8.48. The zero-order valence-electron chi connectivity index (χ0n) is 18.6. The number of benzene rings is 1. The normalized spacial score (nSPS) is 23.3. The molecule has 32 heavy (non-hydrogen) atoms. The summed E-state index contributed by atoms with van der Waals surface area (Å²) in [6.07, 6.45) is 4.61. The third-order valence-electron chi connectivity index (χ3n) is 6.20. The van der Waals surface area contributed by atoms with Gasteiger partial charge in [-0.25, -0.2) is 13.4 Å². The van der Waals surface area contributed by atoms with E-state index in [0.29, 0.717) is 19.5 Å². The highest BCUT2D eigenvalue weighted by molar-refractivity contribution is 8.00. The number of ether oxygens (including phenoxy) is 1. The van der Waals surface area contributed by atoms with Crippen LogP contribution in [0.15, 0.2) is 41.7 Å². The van der Waals surface area contributed by atoms with Crippen LogP contribution in [0.2, 0.25) is 0 Å². The summed E-state index contributed by atoms with van der Waals surface area (Å²) >= 11 is 1.44. The van der Waals surface area contributed by atoms with E-state index < -0.39 is 9.84 Å². The third-order valence-corrected chi connectivity index (χ3v) is 9.04. The molecule has 2 fully saturated rings. The van der Waals surface area contributed by atoms with E-state index in [9.17, 15) is 13.2 Å². The number of hydrogen-bond donors (Lipinski definition) is 0. The van der Waals surface area contributed by atoms with Crippen molar-refractivity contribution in [1.29, 1.82) is 0 Å². The van der Waals surface area contributed by atoms with E-state index >= 15 is 0 Å². The molecular weight excluding hydrogens is 446 g/mol. The molecule has 3 heterocycles. The maximum atomic E-state index is 13.3. The van der Waals surface area contributed by atoms with Gasteiger partial charge in [-0.05, 0) is 38.7 Å². The molecule has 2 aliphatic heterocycles. The molecule has 7 nitrogen and oxygen atoms in total. The zero-order chi connectivity index (χ0) is 22.7. The largest absolute Gasteiger partial charge is 0.376 e. The maximum Gasteiger partial charge on any atom is 0.236 e. The molecule has 0 spiro atoms. The molecule has 0 aliphatic carbocycles. The van der Waals surface area contributed by atoms with E-state index in [0.717, 1.165) is 35.9 Å². The van der Waals surface area contributed by atoms with Crippen LogP contribution >= 0.6 is 11.8 Å². The Morgan fingerprint density at radius 3 is 2.72 bits per heavy atom. The molecule has 2 saturated heterocycles. The first-order valence-corrected chi connectivity index (χ1v) is 14.0. The number of amides is 1. The van der Waals surface area contributed by atoms with Gasteiger partial charge in [0.2, 0.25) is 5.91 Å². The van der Waals surface area contributed by atoms with Gasteiger partial charge in [-0.2, -0.15) is 0 Å². The maximum absolute atomic E-state index is 13.3. The Morgan fingerprint density at radius 2 is 2.09 bits per heavy atom. The van der Waals surface area contributed by atoms with E-state index in [2.05, 4.69) is 21.7 Å². The Bertz CT molecular complexity index is 1030. The van der Waals surface area contributed by atoms with Gasteiger partial charge in [0.05, 0.1) is 41.3 Å². The van der Waals surface area contributed by atoms with Crippen LogP contribution in [0, 0.1) is 0 Å². The number of aromatic nitrogens is 2. The molecular formula is C23H31N3O4S2. The molecule has 9 heteroatoms. The van der Waals surface area contributed by atoms with Crippen LogP contribution in [0.5, 0.6) is 0 Å². The second kappa shape index (κ2) is 9.97. The van der Waals surface area contributed by atoms with Crippen molar-refractivity contribution in [2.75, 3.05) is 24.7 Å². The molecule has 1 amide bonds. The molecule has 4 rings (SSSR count). The number of thioether (sulfide) groups is 1. The first-order chi connectivity index (χ1) is 15.4. The van der Waals surface area contributed by atoms with Crippen LogP contribution in [-0.4, -0.2) is 70.8 Å². The van der Waals surface area contributed by atoms with E-state index in [1.54, 1.807) is 4.90 Å².